The maximum Gasteiger partial charge on any atom is 0.0698 e. The summed E-state index contributed by atoms with van der Waals surface area (Å²) in [6.45, 7) is 6.41. The summed E-state index contributed by atoms with van der Waals surface area (Å²) in [4.78, 5) is 1.26. The molecule has 20 heavy (non-hydrogen) atoms. The van der Waals surface area contributed by atoms with E-state index in [4.69, 9.17) is 0 Å². The summed E-state index contributed by atoms with van der Waals surface area (Å²) in [6, 6.07) is 8.65. The predicted octanol–water partition coefficient (Wildman–Crippen LogP) is 4.68. The maximum absolute atomic E-state index is 4.25. The van der Waals surface area contributed by atoms with Crippen LogP contribution in [0, 0.1) is 0 Å². The van der Waals surface area contributed by atoms with E-state index in [-0.39, 0.29) is 6.04 Å². The van der Waals surface area contributed by atoms with Crippen LogP contribution in [0.25, 0.3) is 5.57 Å². The van der Waals surface area contributed by atoms with Gasteiger partial charge in [-0.25, -0.2) is 0 Å². The molecule has 1 N–H and O–H groups in total. The van der Waals surface area contributed by atoms with Crippen LogP contribution < -0.4 is 5.32 Å². The maximum atomic E-state index is 4.25. The third-order valence-corrected chi connectivity index (χ3v) is 4.58. The molecule has 0 saturated heterocycles. The van der Waals surface area contributed by atoms with Gasteiger partial charge in [0, 0.05) is 4.90 Å². The van der Waals surface area contributed by atoms with E-state index >= 15 is 0 Å². The molecule has 1 aromatic carbocycles. The van der Waals surface area contributed by atoms with Gasteiger partial charge in [-0.3, -0.25) is 0 Å². The zero-order valence-corrected chi connectivity index (χ0v) is 12.3. The Hall–Kier alpha value is -1.93. The van der Waals surface area contributed by atoms with Crippen molar-refractivity contribution in [2.45, 2.75) is 17.9 Å². The van der Waals surface area contributed by atoms with E-state index in [2.05, 4.69) is 66.7 Å². The van der Waals surface area contributed by atoms with E-state index < -0.39 is 0 Å². The Labute approximate surface area is 124 Å². The van der Waals surface area contributed by atoms with Crippen molar-refractivity contribution in [2.24, 2.45) is 0 Å². The smallest absolute Gasteiger partial charge is 0.0698 e. The first-order valence-corrected chi connectivity index (χ1v) is 7.57. The summed E-state index contributed by atoms with van der Waals surface area (Å²) in [6.07, 6.45) is 10.5. The summed E-state index contributed by atoms with van der Waals surface area (Å²) >= 11 is 1.77. The van der Waals surface area contributed by atoms with Gasteiger partial charge in [0.05, 0.1) is 6.04 Å². The number of hydrogen-bond donors (Lipinski definition) is 1. The van der Waals surface area contributed by atoms with Crippen molar-refractivity contribution < 1.29 is 0 Å². The fraction of sp³-hybridized carbons (Fsp3) is 0.111. The van der Waals surface area contributed by atoms with Crippen molar-refractivity contribution in [1.82, 2.24) is 5.32 Å². The van der Waals surface area contributed by atoms with Crippen LogP contribution in [-0.2, 0) is 0 Å². The first-order chi connectivity index (χ1) is 9.75. The zero-order chi connectivity index (χ0) is 13.9. The Morgan fingerprint density at radius 3 is 2.85 bits per heavy atom. The molecule has 2 heteroatoms. The third kappa shape index (κ3) is 2.52. The Morgan fingerprint density at radius 2 is 2.05 bits per heavy atom. The highest BCUT2D eigenvalue weighted by Crippen LogP contribution is 2.35. The van der Waals surface area contributed by atoms with Gasteiger partial charge in [0.1, 0.15) is 0 Å². The number of dihydropyridines is 1. The van der Waals surface area contributed by atoms with Gasteiger partial charge in [0.25, 0.3) is 0 Å². The average molecular weight is 279 g/mol. The normalized spacial score (nSPS) is 26.4. The second-order valence-electron chi connectivity index (χ2n) is 4.93. The lowest BCUT2D eigenvalue weighted by molar-refractivity contribution is 0.791. The zero-order valence-electron chi connectivity index (χ0n) is 11.5. The van der Waals surface area contributed by atoms with Gasteiger partial charge in [0.2, 0.25) is 0 Å². The average Bonchev–Trinajstić information content (AvgIpc) is 2.50. The highest BCUT2D eigenvalue weighted by Gasteiger charge is 2.16. The Bertz CT molecular complexity index is 662. The minimum Gasteiger partial charge on any atom is -0.381 e. The van der Waals surface area contributed by atoms with Crippen LogP contribution in [0.1, 0.15) is 12.5 Å². The number of hydrogen-bond acceptors (Lipinski definition) is 2. The standard InChI is InChI=1S/C18H17NS/c1-13-11-16(17-8-5-6-10-19-17)14(2)12-20-18-9-4-3-7-15(13)18/h3-12,17,19H,1H2,2H3/b14-12-,16-11+. The molecule has 1 aromatic rings. The quantitative estimate of drug-likeness (QED) is 0.801. The molecule has 1 atom stereocenters. The van der Waals surface area contributed by atoms with E-state index in [0.717, 1.165) is 5.57 Å². The van der Waals surface area contributed by atoms with Gasteiger partial charge >= 0.3 is 0 Å². The fourth-order valence-corrected chi connectivity index (χ4v) is 3.33. The number of fused-ring (bicyclic) bond motifs is 1. The molecule has 3 rings (SSSR count). The first kappa shape index (κ1) is 13.1. The third-order valence-electron chi connectivity index (χ3n) is 3.50. The van der Waals surface area contributed by atoms with E-state index in [1.165, 1.54) is 21.6 Å². The van der Waals surface area contributed by atoms with Gasteiger partial charge in [0.15, 0.2) is 0 Å². The summed E-state index contributed by atoms with van der Waals surface area (Å²) < 4.78 is 0. The van der Waals surface area contributed by atoms with Crippen molar-refractivity contribution in [3.63, 3.8) is 0 Å². The summed E-state index contributed by atoms with van der Waals surface area (Å²) in [5.41, 5.74) is 4.84. The molecule has 1 nitrogen and oxygen atoms in total. The Morgan fingerprint density at radius 1 is 1.20 bits per heavy atom. The lowest BCUT2D eigenvalue weighted by Gasteiger charge is -2.23. The molecule has 0 aliphatic carbocycles. The molecular formula is C18H17NS. The number of allylic oxidation sites excluding steroid dienone is 4. The number of rotatable bonds is 1. The molecule has 2 aliphatic heterocycles. The van der Waals surface area contributed by atoms with Crippen molar-refractivity contribution >= 4 is 17.3 Å². The van der Waals surface area contributed by atoms with Gasteiger partial charge in [-0.05, 0) is 59.0 Å². The fourth-order valence-electron chi connectivity index (χ4n) is 2.41. The molecular weight excluding hydrogens is 262 g/mol. The van der Waals surface area contributed by atoms with Gasteiger partial charge in [-0.1, -0.05) is 48.7 Å². The molecule has 0 saturated carbocycles. The molecule has 0 radical (unpaired) electrons. The molecule has 2 aliphatic rings. The minimum atomic E-state index is 0.221. The SMILES string of the molecule is C=C1/C=C(C2C=CC=CN2)\C(C)=C/Sc2ccccc21. The molecule has 0 spiro atoms. The monoisotopic (exact) mass is 279 g/mol. The Kier molecular flexibility index (Phi) is 3.66. The molecule has 100 valence electrons. The van der Waals surface area contributed by atoms with Crippen LogP contribution in [0.3, 0.4) is 0 Å². The number of benzene rings is 1. The van der Waals surface area contributed by atoms with Crippen LogP contribution in [-0.4, -0.2) is 6.04 Å². The van der Waals surface area contributed by atoms with Crippen LogP contribution in [0.2, 0.25) is 0 Å². The summed E-state index contributed by atoms with van der Waals surface area (Å²) in [5, 5.41) is 5.61. The first-order valence-electron chi connectivity index (χ1n) is 6.69. The molecule has 0 bridgehead atoms. The molecule has 0 amide bonds. The van der Waals surface area contributed by atoms with Gasteiger partial charge in [-0.2, -0.15) is 0 Å². The van der Waals surface area contributed by atoms with Crippen molar-refractivity contribution in [2.75, 3.05) is 0 Å². The van der Waals surface area contributed by atoms with Gasteiger partial charge in [-0.15, -0.1) is 0 Å². The van der Waals surface area contributed by atoms with Crippen molar-refractivity contribution in [3.05, 3.63) is 83.5 Å². The largest absolute Gasteiger partial charge is 0.381 e. The highest BCUT2D eigenvalue weighted by molar-refractivity contribution is 8.02. The number of thioether (sulfide) groups is 1. The van der Waals surface area contributed by atoms with E-state index in [1.54, 1.807) is 11.8 Å². The van der Waals surface area contributed by atoms with Gasteiger partial charge < -0.3 is 5.32 Å². The highest BCUT2D eigenvalue weighted by atomic mass is 32.2. The minimum absolute atomic E-state index is 0.221. The second-order valence-corrected chi connectivity index (χ2v) is 5.84. The van der Waals surface area contributed by atoms with E-state index in [1.807, 2.05) is 12.3 Å². The van der Waals surface area contributed by atoms with E-state index in [0.29, 0.717) is 0 Å². The van der Waals surface area contributed by atoms with E-state index in [9.17, 15) is 0 Å². The van der Waals surface area contributed by atoms with Crippen molar-refractivity contribution in [1.29, 1.82) is 0 Å². The summed E-state index contributed by atoms with van der Waals surface area (Å²) in [7, 11) is 0. The molecule has 2 heterocycles. The predicted molar refractivity (Wildman–Crippen MR) is 88.4 cm³/mol. The lowest BCUT2D eigenvalue weighted by Crippen LogP contribution is -2.26. The van der Waals surface area contributed by atoms with Crippen LogP contribution in [0.15, 0.2) is 82.8 Å². The molecule has 1 unspecified atom stereocenters. The second kappa shape index (κ2) is 5.59. The lowest BCUT2D eigenvalue weighted by atomic mass is 9.94. The molecule has 0 fully saturated rings. The van der Waals surface area contributed by atoms with Crippen molar-refractivity contribution in [3.8, 4) is 0 Å². The number of nitrogens with one attached hydrogen (secondary N) is 1. The van der Waals surface area contributed by atoms with Crippen LogP contribution in [0.5, 0.6) is 0 Å². The van der Waals surface area contributed by atoms with Crippen LogP contribution in [0.4, 0.5) is 0 Å². The molecule has 0 aromatic heterocycles. The topological polar surface area (TPSA) is 12.0 Å². The Balaban J connectivity index is 2.03. The van der Waals surface area contributed by atoms with Crippen LogP contribution >= 0.6 is 11.8 Å². The summed E-state index contributed by atoms with van der Waals surface area (Å²) in [5.74, 6) is 0.